The molecule has 0 fully saturated rings. The van der Waals surface area contributed by atoms with Gasteiger partial charge in [0.15, 0.2) is 0 Å². The normalized spacial score (nSPS) is 19.4. The third-order valence-corrected chi connectivity index (χ3v) is 2.00. The van der Waals surface area contributed by atoms with Crippen LogP contribution in [0.3, 0.4) is 0 Å². The first kappa shape index (κ1) is 10.9. The summed E-state index contributed by atoms with van der Waals surface area (Å²) >= 11 is 0. The lowest BCUT2D eigenvalue weighted by Crippen LogP contribution is -2.10. The van der Waals surface area contributed by atoms with Gasteiger partial charge in [0, 0.05) is 19.6 Å². The minimum atomic E-state index is -0.0151. The number of hydrogen-bond acceptors (Lipinski definition) is 4. The van der Waals surface area contributed by atoms with E-state index < -0.39 is 0 Å². The van der Waals surface area contributed by atoms with Crippen molar-refractivity contribution < 1.29 is 15.4 Å². The Morgan fingerprint density at radius 2 is 1.93 bits per heavy atom. The van der Waals surface area contributed by atoms with Crippen LogP contribution in [0.1, 0.15) is 12.8 Å². The predicted molar refractivity (Wildman–Crippen MR) is 52.0 cm³/mol. The molecule has 4 nitrogen and oxygen atoms in total. The van der Waals surface area contributed by atoms with Gasteiger partial charge in [-0.05, 0) is 30.1 Å². The zero-order valence-corrected chi connectivity index (χ0v) is 7.77. The molecule has 0 aliphatic heterocycles. The number of aliphatic hydroxyl groups is 2. The lowest BCUT2D eigenvalue weighted by atomic mass is 9.91. The van der Waals surface area contributed by atoms with Gasteiger partial charge in [-0.15, -0.1) is 0 Å². The summed E-state index contributed by atoms with van der Waals surface area (Å²) in [7, 11) is 0. The monoisotopic (exact) mass is 195 g/mol. The van der Waals surface area contributed by atoms with Crippen LogP contribution in [0.15, 0.2) is 28.5 Å². The summed E-state index contributed by atoms with van der Waals surface area (Å²) in [5.41, 5.74) is 1.96. The average molecular weight is 195 g/mol. The molecular formula is C10H13NO3. The van der Waals surface area contributed by atoms with E-state index in [9.17, 15) is 0 Å². The zero-order chi connectivity index (χ0) is 10.4. The van der Waals surface area contributed by atoms with Crippen molar-refractivity contribution in [3.8, 4) is 0 Å². The summed E-state index contributed by atoms with van der Waals surface area (Å²) in [6.45, 7) is 0.00259. The molecule has 0 amide bonds. The fraction of sp³-hybridized carbons (Fsp3) is 0.400. The lowest BCUT2D eigenvalue weighted by Gasteiger charge is -2.15. The van der Waals surface area contributed by atoms with Gasteiger partial charge in [0.25, 0.3) is 0 Å². The summed E-state index contributed by atoms with van der Waals surface area (Å²) in [4.78, 5) is 0. The average Bonchev–Trinajstić information content (AvgIpc) is 2.21. The molecule has 0 atom stereocenters. The molecule has 4 heteroatoms. The van der Waals surface area contributed by atoms with Crippen LogP contribution in [0, 0.1) is 6.42 Å². The number of oxime groups is 1. The molecule has 0 heterocycles. The third kappa shape index (κ3) is 2.43. The highest BCUT2D eigenvalue weighted by atomic mass is 16.4. The quantitative estimate of drug-likeness (QED) is 0.452. The number of nitrogens with zero attached hydrogens (tertiary/aromatic N) is 1. The lowest BCUT2D eigenvalue weighted by molar-refractivity contribution is 0.293. The summed E-state index contributed by atoms with van der Waals surface area (Å²) < 4.78 is 0. The molecule has 0 saturated carbocycles. The van der Waals surface area contributed by atoms with E-state index in [0.29, 0.717) is 18.6 Å². The molecule has 2 radical (unpaired) electrons. The van der Waals surface area contributed by atoms with Crippen molar-refractivity contribution >= 4 is 5.71 Å². The maximum absolute atomic E-state index is 8.83. The Morgan fingerprint density at radius 1 is 1.21 bits per heavy atom. The topological polar surface area (TPSA) is 73.0 Å². The van der Waals surface area contributed by atoms with Gasteiger partial charge in [-0.3, -0.25) is 0 Å². The Kier molecular flexibility index (Phi) is 4.35. The van der Waals surface area contributed by atoms with Crippen molar-refractivity contribution in [2.24, 2.45) is 5.16 Å². The molecule has 0 spiro atoms. The summed E-state index contributed by atoms with van der Waals surface area (Å²) in [6, 6.07) is 0. The highest BCUT2D eigenvalue weighted by Crippen LogP contribution is 2.22. The van der Waals surface area contributed by atoms with E-state index in [0.717, 1.165) is 11.1 Å². The van der Waals surface area contributed by atoms with Gasteiger partial charge in [0.2, 0.25) is 0 Å². The Morgan fingerprint density at radius 3 is 2.50 bits per heavy atom. The van der Waals surface area contributed by atoms with Gasteiger partial charge < -0.3 is 15.4 Å². The van der Waals surface area contributed by atoms with E-state index in [-0.39, 0.29) is 13.2 Å². The standard InChI is InChI=1S/C10H13NO3/c12-6-4-8-2-1-3-10(11-14)9(8)5-7-13/h1,3,12-14H,4-7H2. The van der Waals surface area contributed by atoms with Gasteiger partial charge in [-0.2, -0.15) is 0 Å². The van der Waals surface area contributed by atoms with E-state index >= 15 is 0 Å². The summed E-state index contributed by atoms with van der Waals surface area (Å²) in [6.07, 6.45) is 7.08. The van der Waals surface area contributed by atoms with Crippen LogP contribution in [-0.2, 0) is 0 Å². The molecule has 0 aromatic carbocycles. The van der Waals surface area contributed by atoms with Crippen LogP contribution in [-0.4, -0.2) is 34.3 Å². The third-order valence-electron chi connectivity index (χ3n) is 2.00. The molecule has 0 unspecified atom stereocenters. The van der Waals surface area contributed by atoms with Crippen molar-refractivity contribution in [3.63, 3.8) is 0 Å². The maximum atomic E-state index is 8.83. The number of aliphatic hydroxyl groups excluding tert-OH is 2. The van der Waals surface area contributed by atoms with Crippen molar-refractivity contribution in [1.82, 2.24) is 0 Å². The van der Waals surface area contributed by atoms with Gasteiger partial charge in [-0.25, -0.2) is 0 Å². The first-order valence-electron chi connectivity index (χ1n) is 4.42. The maximum Gasteiger partial charge on any atom is 0.105 e. The van der Waals surface area contributed by atoms with Crippen LogP contribution in [0.5, 0.6) is 0 Å². The highest BCUT2D eigenvalue weighted by Gasteiger charge is 2.14. The van der Waals surface area contributed by atoms with Crippen LogP contribution >= 0.6 is 0 Å². The van der Waals surface area contributed by atoms with Crippen molar-refractivity contribution in [2.45, 2.75) is 12.8 Å². The van der Waals surface area contributed by atoms with Crippen LogP contribution in [0.25, 0.3) is 0 Å². The Labute approximate surface area is 82.9 Å². The zero-order valence-electron chi connectivity index (χ0n) is 7.77. The molecule has 0 saturated heterocycles. The largest absolute Gasteiger partial charge is 0.410 e. The first-order chi connectivity index (χ1) is 6.83. The molecular weight excluding hydrogens is 182 g/mol. The smallest absolute Gasteiger partial charge is 0.105 e. The molecule has 0 aromatic heterocycles. The predicted octanol–water partition coefficient (Wildman–Crippen LogP) is 0.529. The molecule has 14 heavy (non-hydrogen) atoms. The Hall–Kier alpha value is -1.13. The van der Waals surface area contributed by atoms with Crippen molar-refractivity contribution in [3.05, 3.63) is 29.7 Å². The van der Waals surface area contributed by atoms with Gasteiger partial charge in [-0.1, -0.05) is 11.2 Å². The summed E-state index contributed by atoms with van der Waals surface area (Å²) in [5, 5.41) is 29.5. The molecule has 0 aromatic rings. The minimum absolute atomic E-state index is 0.0151. The fourth-order valence-corrected chi connectivity index (χ4v) is 1.38. The molecule has 1 aliphatic rings. The van der Waals surface area contributed by atoms with Crippen LogP contribution < -0.4 is 0 Å². The minimum Gasteiger partial charge on any atom is -0.410 e. The van der Waals surface area contributed by atoms with Crippen LogP contribution in [0.4, 0.5) is 0 Å². The van der Waals surface area contributed by atoms with Gasteiger partial charge in [0.05, 0.1) is 0 Å². The second-order valence-electron chi connectivity index (χ2n) is 2.87. The highest BCUT2D eigenvalue weighted by molar-refractivity contribution is 6.10. The van der Waals surface area contributed by atoms with E-state index in [1.807, 2.05) is 0 Å². The molecule has 3 N–H and O–H groups in total. The fourth-order valence-electron chi connectivity index (χ4n) is 1.38. The SMILES string of the molecule is OCCC1=C(CCO)C(=NO)C=C[C]1. The van der Waals surface area contributed by atoms with Crippen LogP contribution in [0.2, 0.25) is 0 Å². The number of hydrogen-bond donors (Lipinski definition) is 3. The van der Waals surface area contributed by atoms with E-state index in [1.165, 1.54) is 0 Å². The van der Waals surface area contributed by atoms with E-state index in [4.69, 9.17) is 15.4 Å². The second-order valence-corrected chi connectivity index (χ2v) is 2.87. The second kappa shape index (κ2) is 5.57. The molecule has 0 bridgehead atoms. The molecule has 1 rings (SSSR count). The molecule has 1 aliphatic carbocycles. The van der Waals surface area contributed by atoms with Crippen molar-refractivity contribution in [1.29, 1.82) is 0 Å². The van der Waals surface area contributed by atoms with E-state index in [1.54, 1.807) is 12.2 Å². The van der Waals surface area contributed by atoms with Gasteiger partial charge >= 0.3 is 0 Å². The van der Waals surface area contributed by atoms with Gasteiger partial charge in [0.1, 0.15) is 5.71 Å². The number of allylic oxidation sites excluding steroid dienone is 2. The van der Waals surface area contributed by atoms with E-state index in [2.05, 4.69) is 11.6 Å². The number of rotatable bonds is 4. The van der Waals surface area contributed by atoms with Crippen molar-refractivity contribution in [2.75, 3.05) is 13.2 Å². The first-order valence-corrected chi connectivity index (χ1v) is 4.42. The Bertz CT molecular complexity index is 279. The Balaban J connectivity index is 2.90. The summed E-state index contributed by atoms with van der Waals surface area (Å²) in [5.74, 6) is 0. The molecule has 76 valence electrons.